The summed E-state index contributed by atoms with van der Waals surface area (Å²) in [6.45, 7) is 5.98. The number of nitrogens with zero attached hydrogens (tertiary/aromatic N) is 3. The third-order valence-electron chi connectivity index (χ3n) is 4.75. The van der Waals surface area contributed by atoms with Gasteiger partial charge in [-0.2, -0.15) is 0 Å². The Labute approximate surface area is 148 Å². The average Bonchev–Trinajstić information content (AvgIpc) is 2.62. The predicted octanol–water partition coefficient (Wildman–Crippen LogP) is 1.97. The van der Waals surface area contributed by atoms with E-state index in [9.17, 15) is 9.59 Å². The molecule has 5 nitrogen and oxygen atoms in total. The van der Waals surface area contributed by atoms with Crippen molar-refractivity contribution in [1.82, 2.24) is 14.4 Å². The summed E-state index contributed by atoms with van der Waals surface area (Å²) < 4.78 is 1.59. The zero-order valence-electron chi connectivity index (χ0n) is 14.7. The molecule has 132 valence electrons. The maximum Gasteiger partial charge on any atom is 0.250 e. The van der Waals surface area contributed by atoms with Gasteiger partial charge in [-0.3, -0.25) is 14.5 Å². The predicted molar refractivity (Wildman–Crippen MR) is 98.2 cm³/mol. The first-order valence-electron chi connectivity index (χ1n) is 8.85. The number of benzene rings is 1. The van der Waals surface area contributed by atoms with Crippen LogP contribution in [0.3, 0.4) is 0 Å². The summed E-state index contributed by atoms with van der Waals surface area (Å²) in [4.78, 5) is 28.6. The Morgan fingerprint density at radius 2 is 1.84 bits per heavy atom. The lowest BCUT2D eigenvalue weighted by atomic mass is 10.1. The van der Waals surface area contributed by atoms with Crippen LogP contribution in [0.2, 0.25) is 0 Å². The van der Waals surface area contributed by atoms with Gasteiger partial charge in [-0.15, -0.1) is 0 Å². The molecule has 1 amide bonds. The summed E-state index contributed by atoms with van der Waals surface area (Å²) in [6, 6.07) is 15.7. The fourth-order valence-electron chi connectivity index (χ4n) is 3.39. The Balaban J connectivity index is 1.51. The molecule has 3 rings (SSSR count). The van der Waals surface area contributed by atoms with E-state index in [2.05, 4.69) is 36.1 Å². The Morgan fingerprint density at radius 1 is 1.08 bits per heavy atom. The number of hydrogen-bond acceptors (Lipinski definition) is 3. The first-order valence-corrected chi connectivity index (χ1v) is 8.85. The minimum atomic E-state index is -0.0592. The number of carbonyl (C=O) groups is 1. The minimum Gasteiger partial charge on any atom is -0.337 e. The number of amides is 1. The Kier molecular flexibility index (Phi) is 5.66. The second-order valence-electron chi connectivity index (χ2n) is 6.64. The van der Waals surface area contributed by atoms with Gasteiger partial charge in [0.1, 0.15) is 0 Å². The summed E-state index contributed by atoms with van der Waals surface area (Å²) in [5.74, 6) is 0.127. The van der Waals surface area contributed by atoms with Gasteiger partial charge in [0, 0.05) is 57.4 Å². The van der Waals surface area contributed by atoms with Gasteiger partial charge in [-0.1, -0.05) is 36.4 Å². The van der Waals surface area contributed by atoms with E-state index in [1.165, 1.54) is 11.6 Å². The molecule has 0 spiro atoms. The largest absolute Gasteiger partial charge is 0.337 e. The van der Waals surface area contributed by atoms with Crippen LogP contribution < -0.4 is 5.56 Å². The van der Waals surface area contributed by atoms with Crippen molar-refractivity contribution < 1.29 is 4.79 Å². The van der Waals surface area contributed by atoms with Gasteiger partial charge >= 0.3 is 0 Å². The van der Waals surface area contributed by atoms with E-state index in [1.807, 2.05) is 17.0 Å². The van der Waals surface area contributed by atoms with Crippen LogP contribution in [0.15, 0.2) is 59.5 Å². The van der Waals surface area contributed by atoms with Crippen molar-refractivity contribution in [2.75, 3.05) is 19.6 Å². The highest BCUT2D eigenvalue weighted by molar-refractivity contribution is 5.76. The molecule has 0 aliphatic carbocycles. The van der Waals surface area contributed by atoms with Crippen molar-refractivity contribution in [2.45, 2.75) is 32.5 Å². The first kappa shape index (κ1) is 17.4. The van der Waals surface area contributed by atoms with Gasteiger partial charge < -0.3 is 9.47 Å². The third-order valence-corrected chi connectivity index (χ3v) is 4.75. The maximum atomic E-state index is 12.6. The van der Waals surface area contributed by atoms with Gasteiger partial charge in [-0.25, -0.2) is 0 Å². The minimum absolute atomic E-state index is 0.0592. The second-order valence-corrected chi connectivity index (χ2v) is 6.64. The van der Waals surface area contributed by atoms with E-state index in [-0.39, 0.29) is 17.5 Å². The van der Waals surface area contributed by atoms with E-state index in [4.69, 9.17) is 0 Å². The van der Waals surface area contributed by atoms with Crippen molar-refractivity contribution >= 4 is 5.91 Å². The molecular weight excluding hydrogens is 314 g/mol. The summed E-state index contributed by atoms with van der Waals surface area (Å²) >= 11 is 0. The molecule has 1 aromatic carbocycles. The van der Waals surface area contributed by atoms with Crippen LogP contribution in [0, 0.1) is 0 Å². The molecule has 0 N–H and O–H groups in total. The molecule has 0 saturated carbocycles. The van der Waals surface area contributed by atoms with Gasteiger partial charge in [0.05, 0.1) is 0 Å². The lowest BCUT2D eigenvalue weighted by Gasteiger charge is -2.40. The van der Waals surface area contributed by atoms with Crippen LogP contribution in [0.5, 0.6) is 0 Å². The van der Waals surface area contributed by atoms with Crippen molar-refractivity contribution in [3.8, 4) is 0 Å². The van der Waals surface area contributed by atoms with Crippen LogP contribution >= 0.6 is 0 Å². The number of carbonyl (C=O) groups excluding carboxylic acids is 1. The SMILES string of the molecule is C[C@@H]1CN(Cc2ccccc2)CCN1C(=O)CCn1ccccc1=O. The lowest BCUT2D eigenvalue weighted by Crippen LogP contribution is -2.53. The summed E-state index contributed by atoms with van der Waals surface area (Å²) in [6.07, 6.45) is 2.10. The molecular formula is C20H25N3O2. The fraction of sp³-hybridized carbons (Fsp3) is 0.400. The summed E-state index contributed by atoms with van der Waals surface area (Å²) in [5, 5.41) is 0. The van der Waals surface area contributed by atoms with Crippen LogP contribution in [-0.4, -0.2) is 46.0 Å². The number of hydrogen-bond donors (Lipinski definition) is 0. The monoisotopic (exact) mass is 339 g/mol. The molecule has 1 aliphatic heterocycles. The van der Waals surface area contributed by atoms with E-state index >= 15 is 0 Å². The molecule has 0 bridgehead atoms. The normalized spacial score (nSPS) is 18.3. The highest BCUT2D eigenvalue weighted by atomic mass is 16.2. The third kappa shape index (κ3) is 4.57. The summed E-state index contributed by atoms with van der Waals surface area (Å²) in [5.41, 5.74) is 1.24. The Bertz CT molecular complexity index is 757. The Hall–Kier alpha value is -2.40. The number of rotatable bonds is 5. The standard InChI is InChI=1S/C20H25N3O2/c1-17-15-21(16-18-7-3-2-4-8-18)13-14-23(17)20(25)10-12-22-11-6-5-9-19(22)24/h2-9,11,17H,10,12-16H2,1H3/t17-/m1/s1. The van der Waals surface area contributed by atoms with E-state index < -0.39 is 0 Å². The molecule has 1 aromatic heterocycles. The molecule has 1 atom stereocenters. The maximum absolute atomic E-state index is 12.6. The molecule has 1 aliphatic rings. The zero-order chi connectivity index (χ0) is 17.6. The highest BCUT2D eigenvalue weighted by Crippen LogP contribution is 2.14. The smallest absolute Gasteiger partial charge is 0.250 e. The quantitative estimate of drug-likeness (QED) is 0.837. The van der Waals surface area contributed by atoms with E-state index in [1.54, 1.807) is 16.8 Å². The van der Waals surface area contributed by atoms with E-state index in [0.717, 1.165) is 26.2 Å². The Morgan fingerprint density at radius 3 is 2.56 bits per heavy atom. The first-order chi connectivity index (χ1) is 12.1. The molecule has 5 heteroatoms. The second kappa shape index (κ2) is 8.12. The summed E-state index contributed by atoms with van der Waals surface area (Å²) in [7, 11) is 0. The van der Waals surface area contributed by atoms with Crippen molar-refractivity contribution in [3.05, 3.63) is 70.6 Å². The molecule has 2 heterocycles. The molecule has 1 saturated heterocycles. The topological polar surface area (TPSA) is 45.5 Å². The van der Waals surface area contributed by atoms with Gasteiger partial charge in [-0.05, 0) is 18.6 Å². The van der Waals surface area contributed by atoms with Crippen LogP contribution in [0.4, 0.5) is 0 Å². The average molecular weight is 339 g/mol. The van der Waals surface area contributed by atoms with Crippen molar-refractivity contribution in [1.29, 1.82) is 0 Å². The molecule has 0 unspecified atom stereocenters. The molecule has 25 heavy (non-hydrogen) atoms. The van der Waals surface area contributed by atoms with Crippen molar-refractivity contribution in [3.63, 3.8) is 0 Å². The number of piperazine rings is 1. The number of aromatic nitrogens is 1. The van der Waals surface area contributed by atoms with Crippen molar-refractivity contribution in [2.24, 2.45) is 0 Å². The fourth-order valence-corrected chi connectivity index (χ4v) is 3.39. The van der Waals surface area contributed by atoms with Crippen LogP contribution in [0.25, 0.3) is 0 Å². The molecule has 1 fully saturated rings. The van der Waals surface area contributed by atoms with Gasteiger partial charge in [0.25, 0.3) is 5.56 Å². The van der Waals surface area contributed by atoms with E-state index in [0.29, 0.717) is 13.0 Å². The zero-order valence-corrected chi connectivity index (χ0v) is 14.7. The van der Waals surface area contributed by atoms with Crippen LogP contribution in [-0.2, 0) is 17.9 Å². The molecule has 0 radical (unpaired) electrons. The van der Waals surface area contributed by atoms with Crippen LogP contribution in [0.1, 0.15) is 18.9 Å². The molecule has 2 aromatic rings. The highest BCUT2D eigenvalue weighted by Gasteiger charge is 2.27. The van der Waals surface area contributed by atoms with Gasteiger partial charge in [0.2, 0.25) is 5.91 Å². The lowest BCUT2D eigenvalue weighted by molar-refractivity contribution is -0.136. The number of pyridine rings is 1. The van der Waals surface area contributed by atoms with Gasteiger partial charge in [0.15, 0.2) is 0 Å². The number of aryl methyl sites for hydroxylation is 1.